The Kier molecular flexibility index (Phi) is 3.33. The molecule has 3 aromatic rings. The number of fused-ring (bicyclic) bond motifs is 1. The van der Waals surface area contributed by atoms with Gasteiger partial charge < -0.3 is 5.73 Å². The molecule has 2 aromatic carbocycles. The van der Waals surface area contributed by atoms with E-state index in [1.54, 1.807) is 11.3 Å². The molecule has 0 aliphatic rings. The number of rotatable bonds is 2. The van der Waals surface area contributed by atoms with Crippen molar-refractivity contribution in [1.29, 1.82) is 0 Å². The Morgan fingerprint density at radius 3 is 2.79 bits per heavy atom. The quantitative estimate of drug-likeness (QED) is 0.618. The van der Waals surface area contributed by atoms with E-state index < -0.39 is 0 Å². The maximum absolute atomic E-state index is 6.11. The Morgan fingerprint density at radius 1 is 1.21 bits per heavy atom. The third-order valence-corrected chi connectivity index (χ3v) is 5.34. The first kappa shape index (κ1) is 12.7. The second-order valence-electron chi connectivity index (χ2n) is 4.53. The molecular weight excluding hydrogens is 318 g/mol. The van der Waals surface area contributed by atoms with Gasteiger partial charge in [-0.1, -0.05) is 31.2 Å². The van der Waals surface area contributed by atoms with Gasteiger partial charge in [-0.2, -0.15) is 0 Å². The van der Waals surface area contributed by atoms with Gasteiger partial charge in [-0.3, -0.25) is 0 Å². The minimum Gasteiger partial charge on any atom is -0.398 e. The summed E-state index contributed by atoms with van der Waals surface area (Å²) < 4.78 is 2.44. The first-order chi connectivity index (χ1) is 9.20. The molecule has 0 saturated carbocycles. The fourth-order valence-corrected chi connectivity index (χ4v) is 3.96. The molecule has 0 amide bonds. The van der Waals surface area contributed by atoms with Crippen LogP contribution in [0, 0.1) is 0 Å². The van der Waals surface area contributed by atoms with Crippen molar-refractivity contribution in [3.05, 3.63) is 51.8 Å². The molecule has 0 bridgehead atoms. The van der Waals surface area contributed by atoms with Gasteiger partial charge in [0.1, 0.15) is 0 Å². The molecule has 96 valence electrons. The molecule has 0 unspecified atom stereocenters. The molecule has 1 heterocycles. The zero-order valence-corrected chi connectivity index (χ0v) is 13.0. The molecule has 0 aliphatic carbocycles. The Bertz CT molecular complexity index is 746. The van der Waals surface area contributed by atoms with Crippen molar-refractivity contribution in [1.82, 2.24) is 0 Å². The Hall–Kier alpha value is -1.32. The minimum absolute atomic E-state index is 0.884. The Morgan fingerprint density at radius 2 is 2.05 bits per heavy atom. The number of nitrogens with two attached hydrogens (primary N) is 1. The molecule has 3 rings (SSSR count). The van der Waals surface area contributed by atoms with E-state index in [0.717, 1.165) is 16.6 Å². The van der Waals surface area contributed by atoms with Gasteiger partial charge in [0, 0.05) is 25.8 Å². The monoisotopic (exact) mass is 331 g/mol. The average molecular weight is 332 g/mol. The van der Waals surface area contributed by atoms with E-state index in [1.807, 2.05) is 0 Å². The zero-order valence-electron chi connectivity index (χ0n) is 10.6. The van der Waals surface area contributed by atoms with Gasteiger partial charge in [-0.05, 0) is 51.0 Å². The van der Waals surface area contributed by atoms with Crippen LogP contribution < -0.4 is 5.73 Å². The summed E-state index contributed by atoms with van der Waals surface area (Å²) in [5.74, 6) is 0. The van der Waals surface area contributed by atoms with Crippen LogP contribution in [-0.2, 0) is 6.42 Å². The number of aryl methyl sites for hydroxylation is 1. The summed E-state index contributed by atoms with van der Waals surface area (Å²) in [6, 6.07) is 12.7. The van der Waals surface area contributed by atoms with Crippen molar-refractivity contribution in [2.45, 2.75) is 13.3 Å². The number of hydrogen-bond donors (Lipinski definition) is 1. The van der Waals surface area contributed by atoms with E-state index in [0.29, 0.717) is 0 Å². The fraction of sp³-hybridized carbons (Fsp3) is 0.125. The Labute approximate surface area is 125 Å². The number of anilines is 1. The first-order valence-electron chi connectivity index (χ1n) is 6.25. The highest BCUT2D eigenvalue weighted by molar-refractivity contribution is 9.10. The molecule has 0 aliphatic heterocycles. The molecular formula is C16H14BrNS. The van der Waals surface area contributed by atoms with Crippen LogP contribution in [0.5, 0.6) is 0 Å². The summed E-state index contributed by atoms with van der Waals surface area (Å²) in [4.78, 5) is 0. The van der Waals surface area contributed by atoms with Crippen LogP contribution in [0.4, 0.5) is 5.69 Å². The molecule has 2 N–H and O–H groups in total. The maximum Gasteiger partial charge on any atom is 0.0491 e. The smallest absolute Gasteiger partial charge is 0.0491 e. The van der Waals surface area contributed by atoms with Crippen molar-refractivity contribution >= 4 is 43.0 Å². The summed E-state index contributed by atoms with van der Waals surface area (Å²) >= 11 is 5.37. The van der Waals surface area contributed by atoms with Crippen LogP contribution in [0.2, 0.25) is 0 Å². The summed E-state index contributed by atoms with van der Waals surface area (Å²) in [5.41, 5.74) is 10.7. The standard InChI is InChI=1S/C16H14BrNS/c1-2-10-6-7-11(8-15(10)18)13-9-19-16-12(13)4-3-5-14(16)17/h3-9H,2,18H2,1H3. The molecule has 1 nitrogen and oxygen atoms in total. The number of nitrogen functional groups attached to an aromatic ring is 1. The molecule has 19 heavy (non-hydrogen) atoms. The van der Waals surface area contributed by atoms with Gasteiger partial charge in [0.25, 0.3) is 0 Å². The second-order valence-corrected chi connectivity index (χ2v) is 6.27. The number of thiophene rings is 1. The number of hydrogen-bond acceptors (Lipinski definition) is 2. The van der Waals surface area contributed by atoms with E-state index in [9.17, 15) is 0 Å². The largest absolute Gasteiger partial charge is 0.398 e. The molecule has 0 radical (unpaired) electrons. The lowest BCUT2D eigenvalue weighted by molar-refractivity contribution is 1.15. The molecule has 0 saturated heterocycles. The highest BCUT2D eigenvalue weighted by Crippen LogP contribution is 2.38. The van der Waals surface area contributed by atoms with Crippen LogP contribution in [0.3, 0.4) is 0 Å². The van der Waals surface area contributed by atoms with Crippen LogP contribution in [0.15, 0.2) is 46.3 Å². The van der Waals surface area contributed by atoms with Crippen LogP contribution >= 0.6 is 27.3 Å². The molecule has 1 aromatic heterocycles. The van der Waals surface area contributed by atoms with Crippen molar-refractivity contribution in [2.24, 2.45) is 0 Å². The van der Waals surface area contributed by atoms with E-state index in [1.165, 1.54) is 26.8 Å². The lowest BCUT2D eigenvalue weighted by Crippen LogP contribution is -1.92. The SMILES string of the molecule is CCc1ccc(-c2csc3c(Br)cccc23)cc1N. The summed E-state index contributed by atoms with van der Waals surface area (Å²) in [6.07, 6.45) is 0.974. The molecule has 0 fully saturated rings. The molecule has 3 heteroatoms. The van der Waals surface area contributed by atoms with Crippen LogP contribution in [0.25, 0.3) is 21.2 Å². The Balaban J connectivity index is 2.19. The summed E-state index contributed by atoms with van der Waals surface area (Å²) in [7, 11) is 0. The highest BCUT2D eigenvalue weighted by atomic mass is 79.9. The van der Waals surface area contributed by atoms with Gasteiger partial charge in [0.05, 0.1) is 0 Å². The van der Waals surface area contributed by atoms with Crippen LogP contribution in [-0.4, -0.2) is 0 Å². The maximum atomic E-state index is 6.11. The topological polar surface area (TPSA) is 26.0 Å². The van der Waals surface area contributed by atoms with E-state index >= 15 is 0 Å². The van der Waals surface area contributed by atoms with Crippen molar-refractivity contribution in [3.63, 3.8) is 0 Å². The minimum atomic E-state index is 0.884. The second kappa shape index (κ2) is 4.99. The number of halogens is 1. The molecule has 0 atom stereocenters. The summed E-state index contributed by atoms with van der Waals surface area (Å²) in [6.45, 7) is 2.13. The van der Waals surface area contributed by atoms with Gasteiger partial charge in [-0.15, -0.1) is 11.3 Å². The summed E-state index contributed by atoms with van der Waals surface area (Å²) in [5, 5.41) is 3.48. The van der Waals surface area contributed by atoms with Gasteiger partial charge in [0.2, 0.25) is 0 Å². The highest BCUT2D eigenvalue weighted by Gasteiger charge is 2.09. The van der Waals surface area contributed by atoms with E-state index in [2.05, 4.69) is 64.6 Å². The van der Waals surface area contributed by atoms with Gasteiger partial charge >= 0.3 is 0 Å². The lowest BCUT2D eigenvalue weighted by atomic mass is 10.0. The van der Waals surface area contributed by atoms with E-state index in [-0.39, 0.29) is 0 Å². The predicted octanol–water partition coefficient (Wildman–Crippen LogP) is 5.48. The third-order valence-electron chi connectivity index (χ3n) is 3.39. The average Bonchev–Trinajstić information content (AvgIpc) is 2.84. The normalized spacial score (nSPS) is 11.1. The van der Waals surface area contributed by atoms with Gasteiger partial charge in [0.15, 0.2) is 0 Å². The first-order valence-corrected chi connectivity index (χ1v) is 7.92. The lowest BCUT2D eigenvalue weighted by Gasteiger charge is -2.06. The fourth-order valence-electron chi connectivity index (χ4n) is 2.33. The van der Waals surface area contributed by atoms with Gasteiger partial charge in [-0.25, -0.2) is 0 Å². The molecule has 0 spiro atoms. The van der Waals surface area contributed by atoms with Crippen molar-refractivity contribution in [2.75, 3.05) is 5.73 Å². The van der Waals surface area contributed by atoms with E-state index in [4.69, 9.17) is 5.73 Å². The number of benzene rings is 2. The van der Waals surface area contributed by atoms with Crippen LogP contribution in [0.1, 0.15) is 12.5 Å². The van der Waals surface area contributed by atoms with Crippen molar-refractivity contribution in [3.8, 4) is 11.1 Å². The third kappa shape index (κ3) is 2.17. The zero-order chi connectivity index (χ0) is 13.4. The van der Waals surface area contributed by atoms with Crippen molar-refractivity contribution < 1.29 is 0 Å². The predicted molar refractivity (Wildman–Crippen MR) is 88.8 cm³/mol.